The van der Waals surface area contributed by atoms with Gasteiger partial charge >= 0.3 is 0 Å². The van der Waals surface area contributed by atoms with Crippen molar-refractivity contribution >= 4 is 27.7 Å². The van der Waals surface area contributed by atoms with Crippen LogP contribution in [0, 0.1) is 19.3 Å². The van der Waals surface area contributed by atoms with Crippen LogP contribution in [-0.4, -0.2) is 11.1 Å². The molecule has 0 spiro atoms. The summed E-state index contributed by atoms with van der Waals surface area (Å²) in [7, 11) is 0. The lowest BCUT2D eigenvalue weighted by atomic mass is 9.87. The zero-order chi connectivity index (χ0) is 12.9. The molecule has 0 bridgehead atoms. The number of rotatable bonds is 6. The topological polar surface area (TPSA) is 0 Å². The number of halogens is 1. The van der Waals surface area contributed by atoms with Crippen LogP contribution in [0.2, 0.25) is 0 Å². The van der Waals surface area contributed by atoms with Gasteiger partial charge in [-0.1, -0.05) is 35.8 Å². The molecule has 0 atom stereocenters. The largest absolute Gasteiger partial charge is 0.126 e. The summed E-state index contributed by atoms with van der Waals surface area (Å²) < 4.78 is 0. The van der Waals surface area contributed by atoms with Crippen LogP contribution in [0.3, 0.4) is 0 Å². The Balaban J connectivity index is 2.68. The standard InChI is InChI=1S/C15H23BrS/c1-5-15(6-2,10-16)11-17-14-8-7-12(3)13(4)9-14/h7-9H,5-6,10-11H2,1-4H3. The van der Waals surface area contributed by atoms with Crippen LogP contribution in [0.1, 0.15) is 37.8 Å². The van der Waals surface area contributed by atoms with E-state index < -0.39 is 0 Å². The molecule has 0 aliphatic carbocycles. The van der Waals surface area contributed by atoms with Crippen LogP contribution in [0.15, 0.2) is 23.1 Å². The first-order valence-electron chi connectivity index (χ1n) is 6.33. The highest BCUT2D eigenvalue weighted by molar-refractivity contribution is 9.09. The van der Waals surface area contributed by atoms with Gasteiger partial charge in [0.25, 0.3) is 0 Å². The number of benzene rings is 1. The summed E-state index contributed by atoms with van der Waals surface area (Å²) in [5, 5.41) is 1.10. The van der Waals surface area contributed by atoms with Crippen molar-refractivity contribution in [3.63, 3.8) is 0 Å². The minimum absolute atomic E-state index is 0.448. The molecule has 0 radical (unpaired) electrons. The Morgan fingerprint density at radius 3 is 2.24 bits per heavy atom. The van der Waals surface area contributed by atoms with E-state index in [1.54, 1.807) is 0 Å². The van der Waals surface area contributed by atoms with Crippen LogP contribution < -0.4 is 0 Å². The Kier molecular flexibility index (Phi) is 6.08. The van der Waals surface area contributed by atoms with E-state index in [1.165, 1.54) is 34.6 Å². The number of aryl methyl sites for hydroxylation is 2. The van der Waals surface area contributed by atoms with E-state index >= 15 is 0 Å². The van der Waals surface area contributed by atoms with Gasteiger partial charge in [-0.15, -0.1) is 11.8 Å². The molecule has 0 fully saturated rings. The SMILES string of the molecule is CCC(CC)(CBr)CSc1ccc(C)c(C)c1. The molecule has 0 aromatic heterocycles. The molecule has 0 heterocycles. The molecule has 0 saturated carbocycles. The molecular weight excluding hydrogens is 292 g/mol. The first-order valence-corrected chi connectivity index (χ1v) is 8.43. The zero-order valence-corrected chi connectivity index (χ0v) is 13.7. The van der Waals surface area contributed by atoms with Gasteiger partial charge in [-0.3, -0.25) is 0 Å². The molecule has 0 aliphatic heterocycles. The van der Waals surface area contributed by atoms with Gasteiger partial charge in [-0.05, 0) is 55.4 Å². The van der Waals surface area contributed by atoms with Crippen molar-refractivity contribution in [2.24, 2.45) is 5.41 Å². The Labute approximate surface area is 119 Å². The molecule has 96 valence electrons. The monoisotopic (exact) mass is 314 g/mol. The summed E-state index contributed by atoms with van der Waals surface area (Å²) in [6.45, 7) is 8.96. The smallest absolute Gasteiger partial charge is 0.00957 e. The van der Waals surface area contributed by atoms with Crippen molar-refractivity contribution in [1.82, 2.24) is 0 Å². The van der Waals surface area contributed by atoms with E-state index in [9.17, 15) is 0 Å². The lowest BCUT2D eigenvalue weighted by Gasteiger charge is -2.29. The summed E-state index contributed by atoms with van der Waals surface area (Å²) in [6, 6.07) is 6.78. The van der Waals surface area contributed by atoms with Crippen LogP contribution in [0.5, 0.6) is 0 Å². The fourth-order valence-electron chi connectivity index (χ4n) is 1.72. The lowest BCUT2D eigenvalue weighted by molar-refractivity contribution is 0.359. The van der Waals surface area contributed by atoms with E-state index in [1.807, 2.05) is 11.8 Å². The minimum Gasteiger partial charge on any atom is -0.126 e. The van der Waals surface area contributed by atoms with Crippen molar-refractivity contribution in [3.05, 3.63) is 29.3 Å². The Morgan fingerprint density at radius 2 is 1.76 bits per heavy atom. The fourth-order valence-corrected chi connectivity index (χ4v) is 4.38. The number of hydrogen-bond donors (Lipinski definition) is 0. The zero-order valence-electron chi connectivity index (χ0n) is 11.3. The third-order valence-corrected chi connectivity index (χ3v) is 6.34. The Bertz CT molecular complexity index is 348. The molecule has 2 heteroatoms. The van der Waals surface area contributed by atoms with Gasteiger partial charge in [0.1, 0.15) is 0 Å². The van der Waals surface area contributed by atoms with E-state index in [2.05, 4.69) is 61.8 Å². The van der Waals surface area contributed by atoms with Crippen molar-refractivity contribution in [2.45, 2.75) is 45.4 Å². The maximum absolute atomic E-state index is 3.68. The van der Waals surface area contributed by atoms with E-state index in [0.717, 1.165) is 5.33 Å². The van der Waals surface area contributed by atoms with Crippen LogP contribution in [0.25, 0.3) is 0 Å². The van der Waals surface area contributed by atoms with Gasteiger partial charge in [0.05, 0.1) is 0 Å². The minimum atomic E-state index is 0.448. The number of alkyl halides is 1. The highest BCUT2D eigenvalue weighted by atomic mass is 79.9. The molecule has 0 unspecified atom stereocenters. The van der Waals surface area contributed by atoms with E-state index in [0.29, 0.717) is 5.41 Å². The second-order valence-electron chi connectivity index (χ2n) is 4.88. The molecule has 0 N–H and O–H groups in total. The second-order valence-corrected chi connectivity index (χ2v) is 6.48. The van der Waals surface area contributed by atoms with Crippen molar-refractivity contribution < 1.29 is 0 Å². The highest BCUT2D eigenvalue weighted by Gasteiger charge is 2.24. The summed E-state index contributed by atoms with van der Waals surface area (Å²) in [4.78, 5) is 1.40. The average Bonchev–Trinajstić information content (AvgIpc) is 2.36. The third kappa shape index (κ3) is 4.03. The van der Waals surface area contributed by atoms with Crippen molar-refractivity contribution in [3.8, 4) is 0 Å². The number of hydrogen-bond acceptors (Lipinski definition) is 1. The summed E-state index contributed by atoms with van der Waals surface area (Å²) in [6.07, 6.45) is 2.49. The summed E-state index contributed by atoms with van der Waals surface area (Å²) in [5.41, 5.74) is 3.23. The maximum atomic E-state index is 3.68. The quantitative estimate of drug-likeness (QED) is 0.486. The molecule has 1 rings (SSSR count). The predicted molar refractivity (Wildman–Crippen MR) is 83.4 cm³/mol. The molecule has 0 aliphatic rings. The normalized spacial score (nSPS) is 11.8. The second kappa shape index (κ2) is 6.84. The van der Waals surface area contributed by atoms with Gasteiger partial charge in [0.15, 0.2) is 0 Å². The van der Waals surface area contributed by atoms with Crippen LogP contribution >= 0.6 is 27.7 Å². The van der Waals surface area contributed by atoms with E-state index in [4.69, 9.17) is 0 Å². The predicted octanol–water partition coefficient (Wildman–Crippen LogP) is 5.60. The van der Waals surface area contributed by atoms with Crippen molar-refractivity contribution in [2.75, 3.05) is 11.1 Å². The van der Waals surface area contributed by atoms with Gasteiger partial charge < -0.3 is 0 Å². The molecule has 0 amide bonds. The lowest BCUT2D eigenvalue weighted by Crippen LogP contribution is -2.23. The molecular formula is C15H23BrS. The fraction of sp³-hybridized carbons (Fsp3) is 0.600. The molecule has 0 nitrogen and oxygen atoms in total. The number of thioether (sulfide) groups is 1. The molecule has 0 saturated heterocycles. The van der Waals surface area contributed by atoms with Gasteiger partial charge in [0, 0.05) is 16.0 Å². The maximum Gasteiger partial charge on any atom is 0.00957 e. The Morgan fingerprint density at radius 1 is 1.12 bits per heavy atom. The summed E-state index contributed by atoms with van der Waals surface area (Å²) >= 11 is 5.67. The van der Waals surface area contributed by atoms with Gasteiger partial charge in [0.2, 0.25) is 0 Å². The van der Waals surface area contributed by atoms with Crippen LogP contribution in [-0.2, 0) is 0 Å². The first-order chi connectivity index (χ1) is 8.06. The first kappa shape index (κ1) is 15.1. The van der Waals surface area contributed by atoms with Gasteiger partial charge in [-0.2, -0.15) is 0 Å². The molecule has 17 heavy (non-hydrogen) atoms. The molecule has 1 aromatic carbocycles. The van der Waals surface area contributed by atoms with Crippen LogP contribution in [0.4, 0.5) is 0 Å². The Hall–Kier alpha value is 0.0500. The highest BCUT2D eigenvalue weighted by Crippen LogP contribution is 2.35. The molecule has 1 aromatic rings. The van der Waals surface area contributed by atoms with Crippen molar-refractivity contribution in [1.29, 1.82) is 0 Å². The van der Waals surface area contributed by atoms with Gasteiger partial charge in [-0.25, -0.2) is 0 Å². The van der Waals surface area contributed by atoms with E-state index in [-0.39, 0.29) is 0 Å². The third-order valence-electron chi connectivity index (χ3n) is 3.81. The summed E-state index contributed by atoms with van der Waals surface area (Å²) in [5.74, 6) is 1.20. The average molecular weight is 315 g/mol.